The Bertz CT molecular complexity index is 675. The van der Waals surface area contributed by atoms with Gasteiger partial charge in [0.05, 0.1) is 0 Å². The van der Waals surface area contributed by atoms with Crippen LogP contribution in [0.4, 0.5) is 0 Å². The van der Waals surface area contributed by atoms with Crippen molar-refractivity contribution >= 4 is 21.4 Å². The van der Waals surface area contributed by atoms with Crippen LogP contribution in [-0.2, 0) is 16.4 Å². The van der Waals surface area contributed by atoms with E-state index in [2.05, 4.69) is 4.72 Å². The molecule has 0 radical (unpaired) electrons. The summed E-state index contributed by atoms with van der Waals surface area (Å²) in [6, 6.07) is 11.1. The Labute approximate surface area is 129 Å². The normalized spacial score (nSPS) is 11.5. The van der Waals surface area contributed by atoms with Gasteiger partial charge in [0, 0.05) is 11.4 Å². The molecule has 6 heteroatoms. The summed E-state index contributed by atoms with van der Waals surface area (Å²) in [5.74, 6) is 0.740. The zero-order valence-electron chi connectivity index (χ0n) is 12.1. The van der Waals surface area contributed by atoms with E-state index in [1.807, 2.05) is 44.2 Å². The molecule has 0 amide bonds. The zero-order chi connectivity index (χ0) is 15.3. The van der Waals surface area contributed by atoms with Crippen molar-refractivity contribution in [2.45, 2.75) is 24.5 Å². The monoisotopic (exact) mass is 325 g/mol. The molecule has 1 heterocycles. The highest BCUT2D eigenvalue weighted by molar-refractivity contribution is 7.91. The first kappa shape index (κ1) is 16.0. The Kier molecular flexibility index (Phi) is 5.39. The van der Waals surface area contributed by atoms with E-state index in [1.54, 1.807) is 6.07 Å². The Morgan fingerprint density at radius 3 is 2.48 bits per heavy atom. The molecular weight excluding hydrogens is 306 g/mol. The molecular formula is C15H19NO3S2. The van der Waals surface area contributed by atoms with Gasteiger partial charge in [0.2, 0.25) is 10.0 Å². The van der Waals surface area contributed by atoms with E-state index in [1.165, 1.54) is 11.3 Å². The molecule has 21 heavy (non-hydrogen) atoms. The summed E-state index contributed by atoms with van der Waals surface area (Å²) < 4.78 is 32.5. The zero-order valence-corrected chi connectivity index (χ0v) is 13.8. The van der Waals surface area contributed by atoms with E-state index in [0.29, 0.717) is 10.8 Å². The first-order valence-corrected chi connectivity index (χ1v) is 9.09. The van der Waals surface area contributed by atoms with E-state index in [9.17, 15) is 8.42 Å². The Morgan fingerprint density at radius 1 is 1.14 bits per heavy atom. The van der Waals surface area contributed by atoms with Crippen LogP contribution in [0.5, 0.6) is 5.75 Å². The predicted octanol–water partition coefficient (Wildman–Crippen LogP) is 2.98. The summed E-state index contributed by atoms with van der Waals surface area (Å²) in [6.45, 7) is 4.55. The quantitative estimate of drug-likeness (QED) is 0.796. The lowest BCUT2D eigenvalue weighted by molar-refractivity contribution is 0.323. The summed E-state index contributed by atoms with van der Waals surface area (Å²) in [5, 5.41) is 0. The lowest BCUT2D eigenvalue weighted by Crippen LogP contribution is -2.27. The number of ether oxygens (including phenoxy) is 1. The van der Waals surface area contributed by atoms with Gasteiger partial charge in [-0.3, -0.25) is 0 Å². The number of thiophene rings is 1. The highest BCUT2D eigenvalue weighted by Crippen LogP contribution is 2.21. The first-order valence-electron chi connectivity index (χ1n) is 6.79. The van der Waals surface area contributed by atoms with E-state index in [-0.39, 0.29) is 6.54 Å². The van der Waals surface area contributed by atoms with Crippen molar-refractivity contribution in [3.63, 3.8) is 0 Å². The van der Waals surface area contributed by atoms with Gasteiger partial charge in [-0.2, -0.15) is 0 Å². The Balaban J connectivity index is 1.83. The highest BCUT2D eigenvalue weighted by Gasteiger charge is 2.15. The van der Waals surface area contributed by atoms with Crippen molar-refractivity contribution in [2.75, 3.05) is 13.2 Å². The SMILES string of the molecule is CCc1ccc(S(=O)(=O)NCCOc2ccc(C)cc2)s1. The second kappa shape index (κ2) is 7.06. The van der Waals surface area contributed by atoms with Crippen LogP contribution in [0.2, 0.25) is 0 Å². The van der Waals surface area contributed by atoms with Crippen molar-refractivity contribution in [1.82, 2.24) is 4.72 Å². The van der Waals surface area contributed by atoms with Gasteiger partial charge in [-0.15, -0.1) is 11.3 Å². The molecule has 0 aliphatic carbocycles. The van der Waals surface area contributed by atoms with Crippen LogP contribution in [0.3, 0.4) is 0 Å². The van der Waals surface area contributed by atoms with Gasteiger partial charge < -0.3 is 4.74 Å². The van der Waals surface area contributed by atoms with Crippen molar-refractivity contribution in [2.24, 2.45) is 0 Å². The number of aryl methyl sites for hydroxylation is 2. The number of hydrogen-bond donors (Lipinski definition) is 1. The fraction of sp³-hybridized carbons (Fsp3) is 0.333. The van der Waals surface area contributed by atoms with E-state index < -0.39 is 10.0 Å². The van der Waals surface area contributed by atoms with Crippen molar-refractivity contribution < 1.29 is 13.2 Å². The number of rotatable bonds is 7. The number of nitrogens with one attached hydrogen (secondary N) is 1. The minimum atomic E-state index is -3.42. The fourth-order valence-electron chi connectivity index (χ4n) is 1.74. The third kappa shape index (κ3) is 4.56. The van der Waals surface area contributed by atoms with Crippen LogP contribution in [-0.4, -0.2) is 21.6 Å². The lowest BCUT2D eigenvalue weighted by Gasteiger charge is -2.07. The number of benzene rings is 1. The Hall–Kier alpha value is -1.37. The minimum Gasteiger partial charge on any atom is -0.492 e. The smallest absolute Gasteiger partial charge is 0.250 e. The van der Waals surface area contributed by atoms with E-state index in [0.717, 1.165) is 22.6 Å². The van der Waals surface area contributed by atoms with Gasteiger partial charge in [-0.25, -0.2) is 13.1 Å². The molecule has 114 valence electrons. The molecule has 0 bridgehead atoms. The first-order chi connectivity index (χ1) is 10.0. The van der Waals surface area contributed by atoms with Crippen LogP contribution >= 0.6 is 11.3 Å². The predicted molar refractivity (Wildman–Crippen MR) is 85.6 cm³/mol. The number of sulfonamides is 1. The number of hydrogen-bond acceptors (Lipinski definition) is 4. The van der Waals surface area contributed by atoms with Gasteiger partial charge >= 0.3 is 0 Å². The van der Waals surface area contributed by atoms with E-state index in [4.69, 9.17) is 4.74 Å². The molecule has 4 nitrogen and oxygen atoms in total. The summed E-state index contributed by atoms with van der Waals surface area (Å²) in [4.78, 5) is 1.06. The minimum absolute atomic E-state index is 0.246. The van der Waals surface area contributed by atoms with Gasteiger partial charge in [-0.1, -0.05) is 24.6 Å². The largest absolute Gasteiger partial charge is 0.492 e. The van der Waals surface area contributed by atoms with Crippen LogP contribution in [0.25, 0.3) is 0 Å². The van der Waals surface area contributed by atoms with E-state index >= 15 is 0 Å². The molecule has 0 saturated heterocycles. The summed E-state index contributed by atoms with van der Waals surface area (Å²) >= 11 is 1.30. The maximum absolute atomic E-state index is 12.1. The third-order valence-corrected chi connectivity index (χ3v) is 6.12. The molecule has 0 saturated carbocycles. The molecule has 0 spiro atoms. The average molecular weight is 325 g/mol. The molecule has 0 fully saturated rings. The molecule has 0 aliphatic heterocycles. The molecule has 2 aromatic rings. The second-order valence-corrected chi connectivity index (χ2v) is 7.80. The van der Waals surface area contributed by atoms with Crippen LogP contribution in [0, 0.1) is 6.92 Å². The Morgan fingerprint density at radius 2 is 1.86 bits per heavy atom. The van der Waals surface area contributed by atoms with Gasteiger partial charge in [0.25, 0.3) is 0 Å². The molecule has 1 aromatic heterocycles. The fourth-order valence-corrected chi connectivity index (χ4v) is 4.10. The highest BCUT2D eigenvalue weighted by atomic mass is 32.2. The van der Waals surface area contributed by atoms with Crippen LogP contribution in [0.1, 0.15) is 17.4 Å². The maximum Gasteiger partial charge on any atom is 0.250 e. The molecule has 0 atom stereocenters. The molecule has 1 N–H and O–H groups in total. The molecule has 0 unspecified atom stereocenters. The van der Waals surface area contributed by atoms with Crippen molar-refractivity contribution in [1.29, 1.82) is 0 Å². The molecule has 1 aromatic carbocycles. The van der Waals surface area contributed by atoms with Gasteiger partial charge in [0.1, 0.15) is 16.6 Å². The van der Waals surface area contributed by atoms with Crippen LogP contribution < -0.4 is 9.46 Å². The standard InChI is InChI=1S/C15H19NO3S2/c1-3-14-8-9-15(20-14)21(17,18)16-10-11-19-13-6-4-12(2)5-7-13/h4-9,16H,3,10-11H2,1-2H3. The van der Waals surface area contributed by atoms with Gasteiger partial charge in [-0.05, 0) is 37.6 Å². The second-order valence-electron chi connectivity index (χ2n) is 4.63. The van der Waals surface area contributed by atoms with Crippen LogP contribution in [0.15, 0.2) is 40.6 Å². The molecule has 0 aliphatic rings. The van der Waals surface area contributed by atoms with Crippen molar-refractivity contribution in [3.05, 3.63) is 46.8 Å². The topological polar surface area (TPSA) is 55.4 Å². The summed E-state index contributed by atoms with van der Waals surface area (Å²) in [7, 11) is -3.42. The molecule has 2 rings (SSSR count). The summed E-state index contributed by atoms with van der Waals surface area (Å²) in [6.07, 6.45) is 0.844. The lowest BCUT2D eigenvalue weighted by atomic mass is 10.2. The van der Waals surface area contributed by atoms with Crippen molar-refractivity contribution in [3.8, 4) is 5.75 Å². The average Bonchev–Trinajstić information content (AvgIpc) is 2.95. The summed E-state index contributed by atoms with van der Waals surface area (Å²) in [5.41, 5.74) is 1.16. The third-order valence-electron chi connectivity index (χ3n) is 2.93. The van der Waals surface area contributed by atoms with Gasteiger partial charge in [0.15, 0.2) is 0 Å². The maximum atomic E-state index is 12.1.